The first kappa shape index (κ1) is 16.0. The summed E-state index contributed by atoms with van der Waals surface area (Å²) in [6.07, 6.45) is 2.96. The van der Waals surface area contributed by atoms with Crippen LogP contribution in [-0.4, -0.2) is 33.6 Å². The van der Waals surface area contributed by atoms with E-state index in [1.807, 2.05) is 27.7 Å². The van der Waals surface area contributed by atoms with Gasteiger partial charge < -0.3 is 14.2 Å². The minimum Gasteiger partial charge on any atom is -0.464 e. The van der Waals surface area contributed by atoms with Gasteiger partial charge in [0.05, 0.1) is 24.0 Å². The normalized spacial score (nSPS) is 22.2. The van der Waals surface area contributed by atoms with Crippen molar-refractivity contribution < 1.29 is 19.0 Å². The van der Waals surface area contributed by atoms with Gasteiger partial charge in [-0.3, -0.25) is 4.68 Å². The number of esters is 1. The lowest BCUT2D eigenvalue weighted by molar-refractivity contribution is -0.146. The molecule has 0 spiro atoms. The van der Waals surface area contributed by atoms with Crippen molar-refractivity contribution in [3.05, 3.63) is 18.0 Å². The molecule has 1 aromatic rings. The molecule has 0 aliphatic carbocycles. The molecule has 21 heavy (non-hydrogen) atoms. The standard InChI is InChI=1S/C15H24N2O4/c1-7-19-12(18)10(2)17-9-11(8-16-17)13-20-14(3,4)15(5,6)21-13/h8-10,13H,7H2,1-6H3. The van der Waals surface area contributed by atoms with Crippen LogP contribution in [0.1, 0.15) is 59.4 Å². The lowest BCUT2D eigenvalue weighted by atomic mass is 9.90. The van der Waals surface area contributed by atoms with Gasteiger partial charge in [0.1, 0.15) is 6.04 Å². The molecule has 1 atom stereocenters. The molecule has 1 aromatic heterocycles. The van der Waals surface area contributed by atoms with Gasteiger partial charge in [0.2, 0.25) is 0 Å². The van der Waals surface area contributed by atoms with Crippen molar-refractivity contribution in [1.82, 2.24) is 9.78 Å². The Bertz CT molecular complexity index is 505. The van der Waals surface area contributed by atoms with Crippen LogP contribution in [0.3, 0.4) is 0 Å². The van der Waals surface area contributed by atoms with E-state index in [1.165, 1.54) is 0 Å². The molecule has 1 fully saturated rings. The number of aromatic nitrogens is 2. The van der Waals surface area contributed by atoms with Gasteiger partial charge in [-0.15, -0.1) is 0 Å². The van der Waals surface area contributed by atoms with Gasteiger partial charge in [-0.25, -0.2) is 4.79 Å². The first-order chi connectivity index (χ1) is 9.68. The molecule has 6 heteroatoms. The van der Waals surface area contributed by atoms with E-state index in [2.05, 4.69) is 5.10 Å². The SMILES string of the molecule is CCOC(=O)C(C)n1cc(C2OC(C)(C)C(C)(C)O2)cn1. The largest absolute Gasteiger partial charge is 0.464 e. The lowest BCUT2D eigenvalue weighted by Crippen LogP contribution is -2.41. The minimum absolute atomic E-state index is 0.305. The molecule has 0 amide bonds. The third-order valence-electron chi connectivity index (χ3n) is 4.17. The van der Waals surface area contributed by atoms with E-state index in [9.17, 15) is 4.79 Å². The lowest BCUT2D eigenvalue weighted by Gasteiger charge is -2.30. The van der Waals surface area contributed by atoms with E-state index in [1.54, 1.807) is 30.9 Å². The van der Waals surface area contributed by atoms with Crippen LogP contribution < -0.4 is 0 Å². The van der Waals surface area contributed by atoms with Gasteiger partial charge in [0.15, 0.2) is 6.29 Å². The molecule has 0 bridgehead atoms. The Morgan fingerprint density at radius 1 is 1.38 bits per heavy atom. The first-order valence-electron chi connectivity index (χ1n) is 7.24. The summed E-state index contributed by atoms with van der Waals surface area (Å²) in [4.78, 5) is 11.7. The Morgan fingerprint density at radius 2 is 1.95 bits per heavy atom. The van der Waals surface area contributed by atoms with E-state index < -0.39 is 23.5 Å². The maximum atomic E-state index is 11.7. The van der Waals surface area contributed by atoms with Gasteiger partial charge in [-0.05, 0) is 41.5 Å². The van der Waals surface area contributed by atoms with Gasteiger partial charge >= 0.3 is 5.97 Å². The fourth-order valence-electron chi connectivity index (χ4n) is 2.04. The van der Waals surface area contributed by atoms with E-state index >= 15 is 0 Å². The molecule has 0 aromatic carbocycles. The smallest absolute Gasteiger partial charge is 0.330 e. The van der Waals surface area contributed by atoms with Crippen LogP contribution in [0, 0.1) is 0 Å². The molecule has 118 valence electrons. The molecule has 1 aliphatic heterocycles. The second-order valence-corrected chi connectivity index (χ2v) is 6.27. The fourth-order valence-corrected chi connectivity index (χ4v) is 2.04. The molecule has 2 heterocycles. The number of hydrogen-bond acceptors (Lipinski definition) is 5. The minimum atomic E-state index is -0.474. The van der Waals surface area contributed by atoms with E-state index in [0.717, 1.165) is 5.56 Å². The molecule has 0 saturated carbocycles. The van der Waals surface area contributed by atoms with Crippen LogP contribution in [0.15, 0.2) is 12.4 Å². The van der Waals surface area contributed by atoms with E-state index in [-0.39, 0.29) is 5.97 Å². The average molecular weight is 296 g/mol. The Labute approximate surface area is 125 Å². The number of rotatable bonds is 4. The highest BCUT2D eigenvalue weighted by Crippen LogP contribution is 2.44. The predicted molar refractivity (Wildman–Crippen MR) is 76.6 cm³/mol. The first-order valence-corrected chi connectivity index (χ1v) is 7.24. The van der Waals surface area contributed by atoms with Crippen molar-refractivity contribution in [2.24, 2.45) is 0 Å². The summed E-state index contributed by atoms with van der Waals surface area (Å²) in [5.41, 5.74) is 0.00350. The summed E-state index contributed by atoms with van der Waals surface area (Å²) in [5.74, 6) is -0.305. The highest BCUT2D eigenvalue weighted by Gasteiger charge is 2.49. The third kappa shape index (κ3) is 2.96. The highest BCUT2D eigenvalue weighted by molar-refractivity contribution is 5.73. The van der Waals surface area contributed by atoms with Crippen molar-refractivity contribution in [1.29, 1.82) is 0 Å². The Balaban J connectivity index is 2.13. The average Bonchev–Trinajstić information content (AvgIpc) is 2.92. The summed E-state index contributed by atoms with van der Waals surface area (Å²) in [7, 11) is 0. The zero-order chi connectivity index (χ0) is 15.8. The van der Waals surface area contributed by atoms with E-state index in [0.29, 0.717) is 6.61 Å². The number of nitrogens with zero attached hydrogens (tertiary/aromatic N) is 2. The van der Waals surface area contributed by atoms with Gasteiger partial charge in [-0.2, -0.15) is 5.10 Å². The Morgan fingerprint density at radius 3 is 2.48 bits per heavy atom. The second kappa shape index (κ2) is 5.42. The summed E-state index contributed by atoms with van der Waals surface area (Å²) < 4.78 is 18.5. The van der Waals surface area contributed by atoms with Crippen molar-refractivity contribution in [3.8, 4) is 0 Å². The molecule has 1 unspecified atom stereocenters. The Kier molecular flexibility index (Phi) is 4.13. The summed E-state index contributed by atoms with van der Waals surface area (Å²) >= 11 is 0. The van der Waals surface area contributed by atoms with Crippen LogP contribution in [0.2, 0.25) is 0 Å². The quantitative estimate of drug-likeness (QED) is 0.799. The number of carbonyl (C=O) groups is 1. The number of ether oxygens (including phenoxy) is 3. The molecular weight excluding hydrogens is 272 g/mol. The van der Waals surface area contributed by atoms with Crippen molar-refractivity contribution in [3.63, 3.8) is 0 Å². The fraction of sp³-hybridized carbons (Fsp3) is 0.733. The highest BCUT2D eigenvalue weighted by atomic mass is 16.7. The van der Waals surface area contributed by atoms with E-state index in [4.69, 9.17) is 14.2 Å². The van der Waals surface area contributed by atoms with Crippen LogP contribution in [0.4, 0.5) is 0 Å². The molecule has 1 saturated heterocycles. The molecule has 1 aliphatic rings. The van der Waals surface area contributed by atoms with Gasteiger partial charge in [0.25, 0.3) is 0 Å². The van der Waals surface area contributed by atoms with Crippen molar-refractivity contribution in [2.75, 3.05) is 6.61 Å². The number of carbonyl (C=O) groups excluding carboxylic acids is 1. The van der Waals surface area contributed by atoms with Gasteiger partial charge in [0, 0.05) is 11.8 Å². The second-order valence-electron chi connectivity index (χ2n) is 6.27. The number of hydrogen-bond donors (Lipinski definition) is 0. The summed E-state index contributed by atoms with van der Waals surface area (Å²) in [5, 5.41) is 4.22. The zero-order valence-electron chi connectivity index (χ0n) is 13.5. The monoisotopic (exact) mass is 296 g/mol. The topological polar surface area (TPSA) is 62.6 Å². The van der Waals surface area contributed by atoms with Crippen LogP contribution in [0.25, 0.3) is 0 Å². The zero-order valence-corrected chi connectivity index (χ0v) is 13.5. The molecule has 2 rings (SSSR count). The maximum Gasteiger partial charge on any atom is 0.330 e. The molecular formula is C15H24N2O4. The molecule has 0 radical (unpaired) electrons. The Hall–Kier alpha value is -1.40. The van der Waals surface area contributed by atoms with Gasteiger partial charge in [-0.1, -0.05) is 0 Å². The van der Waals surface area contributed by atoms with Crippen molar-refractivity contribution in [2.45, 2.75) is 65.1 Å². The predicted octanol–water partition coefficient (Wildman–Crippen LogP) is 2.61. The summed E-state index contributed by atoms with van der Waals surface area (Å²) in [6, 6.07) is -0.471. The summed E-state index contributed by atoms with van der Waals surface area (Å²) in [6.45, 7) is 11.9. The maximum absolute atomic E-state index is 11.7. The molecule has 0 N–H and O–H groups in total. The van der Waals surface area contributed by atoms with Crippen LogP contribution in [0.5, 0.6) is 0 Å². The third-order valence-corrected chi connectivity index (χ3v) is 4.17. The van der Waals surface area contributed by atoms with Crippen LogP contribution >= 0.6 is 0 Å². The molecule has 6 nitrogen and oxygen atoms in total. The van der Waals surface area contributed by atoms with Crippen LogP contribution in [-0.2, 0) is 19.0 Å². The van der Waals surface area contributed by atoms with Crippen molar-refractivity contribution >= 4 is 5.97 Å².